The van der Waals surface area contributed by atoms with E-state index in [-0.39, 0.29) is 5.69 Å². The summed E-state index contributed by atoms with van der Waals surface area (Å²) in [7, 11) is 5.56. The summed E-state index contributed by atoms with van der Waals surface area (Å²) in [6.45, 7) is 4.76. The maximum atomic E-state index is 14.4. The second kappa shape index (κ2) is 7.85. The molecule has 0 bridgehead atoms. The number of piperazine rings is 1. The molecule has 1 aromatic rings. The lowest BCUT2D eigenvalue weighted by molar-refractivity contribution is 0.158. The van der Waals surface area contributed by atoms with Crippen molar-refractivity contribution < 1.29 is 13.5 Å². The molecule has 1 heterocycles. The van der Waals surface area contributed by atoms with Gasteiger partial charge in [0.1, 0.15) is 17.3 Å². The Labute approximate surface area is 131 Å². The summed E-state index contributed by atoms with van der Waals surface area (Å²) in [6.07, 6.45) is 0. The number of hydrogen-bond donors (Lipinski definition) is 0. The molecular formula is C16H25F2N3O. The first-order valence-corrected chi connectivity index (χ1v) is 7.60. The topological polar surface area (TPSA) is 19.0 Å². The van der Waals surface area contributed by atoms with E-state index in [0.29, 0.717) is 31.8 Å². The number of ether oxygens (including phenoxy) is 1. The van der Waals surface area contributed by atoms with Gasteiger partial charge in [0.2, 0.25) is 0 Å². The van der Waals surface area contributed by atoms with Gasteiger partial charge in [-0.05, 0) is 31.8 Å². The Hall–Kier alpha value is -1.24. The second-order valence-corrected chi connectivity index (χ2v) is 5.93. The van der Waals surface area contributed by atoms with Gasteiger partial charge in [-0.25, -0.2) is 8.78 Å². The Morgan fingerprint density at radius 2 is 1.73 bits per heavy atom. The third-order valence-corrected chi connectivity index (χ3v) is 4.03. The van der Waals surface area contributed by atoms with Crippen molar-refractivity contribution in [1.29, 1.82) is 0 Å². The third-order valence-electron chi connectivity index (χ3n) is 4.03. The molecule has 1 saturated heterocycles. The highest BCUT2D eigenvalue weighted by molar-refractivity contribution is 5.51. The number of hydrogen-bond acceptors (Lipinski definition) is 4. The van der Waals surface area contributed by atoms with Crippen LogP contribution in [0.3, 0.4) is 0 Å². The normalized spacial score (nSPS) is 16.5. The Bertz CT molecular complexity index is 467. The zero-order valence-electron chi connectivity index (χ0n) is 13.6. The van der Waals surface area contributed by atoms with E-state index in [1.54, 1.807) is 12.0 Å². The largest absolute Gasteiger partial charge is 0.383 e. The Balaban J connectivity index is 2.08. The highest BCUT2D eigenvalue weighted by Crippen LogP contribution is 2.26. The van der Waals surface area contributed by atoms with Crippen LogP contribution in [0.1, 0.15) is 5.56 Å². The standard InChI is InChI=1S/C16H25F2N3O/c1-19-4-6-21(7-5-19)16-14(17)10-13(11-15(16)18)12-20(2)8-9-22-3/h10-11H,4-9,12H2,1-3H3. The summed E-state index contributed by atoms with van der Waals surface area (Å²) in [6, 6.07) is 2.89. The van der Waals surface area contributed by atoms with Crippen LogP contribution in [-0.4, -0.2) is 70.3 Å². The van der Waals surface area contributed by atoms with Crippen LogP contribution in [0.15, 0.2) is 12.1 Å². The molecule has 0 spiro atoms. The van der Waals surface area contributed by atoms with E-state index in [1.165, 1.54) is 12.1 Å². The molecule has 124 valence electrons. The molecule has 0 aliphatic carbocycles. The fourth-order valence-corrected chi connectivity index (χ4v) is 2.68. The number of benzene rings is 1. The summed E-state index contributed by atoms with van der Waals surface area (Å²) in [5.41, 5.74) is 0.753. The first kappa shape index (κ1) is 17.1. The second-order valence-electron chi connectivity index (χ2n) is 5.93. The number of rotatable bonds is 6. The smallest absolute Gasteiger partial charge is 0.149 e. The van der Waals surface area contributed by atoms with Gasteiger partial charge in [-0.15, -0.1) is 0 Å². The van der Waals surface area contributed by atoms with Gasteiger partial charge in [-0.3, -0.25) is 4.90 Å². The van der Waals surface area contributed by atoms with Crippen LogP contribution in [0.4, 0.5) is 14.5 Å². The number of halogens is 2. The van der Waals surface area contributed by atoms with Gasteiger partial charge in [0, 0.05) is 46.4 Å². The highest BCUT2D eigenvalue weighted by Gasteiger charge is 2.21. The van der Waals surface area contributed by atoms with Crippen LogP contribution in [0, 0.1) is 11.6 Å². The van der Waals surface area contributed by atoms with Gasteiger partial charge in [0.05, 0.1) is 6.61 Å². The molecular weight excluding hydrogens is 288 g/mol. The maximum absolute atomic E-state index is 14.4. The van der Waals surface area contributed by atoms with Gasteiger partial charge in [0.25, 0.3) is 0 Å². The highest BCUT2D eigenvalue weighted by atomic mass is 19.1. The predicted octanol–water partition coefficient (Wildman–Crippen LogP) is 1.79. The summed E-state index contributed by atoms with van der Waals surface area (Å²) in [5.74, 6) is -0.945. The van der Waals surface area contributed by atoms with Crippen molar-refractivity contribution >= 4 is 5.69 Å². The SMILES string of the molecule is COCCN(C)Cc1cc(F)c(N2CCN(C)CC2)c(F)c1. The molecule has 4 nitrogen and oxygen atoms in total. The molecule has 0 aromatic heterocycles. The predicted molar refractivity (Wildman–Crippen MR) is 84.3 cm³/mol. The van der Waals surface area contributed by atoms with E-state index in [4.69, 9.17) is 4.74 Å². The number of anilines is 1. The molecule has 22 heavy (non-hydrogen) atoms. The van der Waals surface area contributed by atoms with Gasteiger partial charge >= 0.3 is 0 Å². The zero-order valence-corrected chi connectivity index (χ0v) is 13.6. The minimum Gasteiger partial charge on any atom is -0.383 e. The quantitative estimate of drug-likeness (QED) is 0.797. The van der Waals surface area contributed by atoms with Crippen molar-refractivity contribution in [2.45, 2.75) is 6.54 Å². The molecule has 0 unspecified atom stereocenters. The molecule has 0 amide bonds. The molecule has 1 aliphatic heterocycles. The van der Waals surface area contributed by atoms with Crippen LogP contribution in [0.25, 0.3) is 0 Å². The summed E-state index contributed by atoms with van der Waals surface area (Å²) in [4.78, 5) is 5.93. The molecule has 0 saturated carbocycles. The maximum Gasteiger partial charge on any atom is 0.149 e. The fraction of sp³-hybridized carbons (Fsp3) is 0.625. The molecule has 0 radical (unpaired) electrons. The minimum absolute atomic E-state index is 0.108. The molecule has 6 heteroatoms. The molecule has 1 aliphatic rings. The molecule has 0 atom stereocenters. The van der Waals surface area contributed by atoms with Crippen molar-refractivity contribution in [3.63, 3.8) is 0 Å². The molecule has 2 rings (SSSR count). The lowest BCUT2D eigenvalue weighted by Gasteiger charge is -2.34. The van der Waals surface area contributed by atoms with Crippen LogP contribution < -0.4 is 4.90 Å². The Kier molecular flexibility index (Phi) is 6.11. The van der Waals surface area contributed by atoms with Crippen LogP contribution in [0.2, 0.25) is 0 Å². The van der Waals surface area contributed by atoms with E-state index in [2.05, 4.69) is 4.90 Å². The van der Waals surface area contributed by atoms with E-state index in [1.807, 2.05) is 19.0 Å². The zero-order chi connectivity index (χ0) is 16.1. The van der Waals surface area contributed by atoms with Gasteiger partial charge in [-0.1, -0.05) is 0 Å². The van der Waals surface area contributed by atoms with Gasteiger partial charge < -0.3 is 14.5 Å². The van der Waals surface area contributed by atoms with Crippen molar-refractivity contribution in [2.75, 3.05) is 65.4 Å². The van der Waals surface area contributed by atoms with Crippen LogP contribution >= 0.6 is 0 Å². The van der Waals surface area contributed by atoms with Crippen LogP contribution in [-0.2, 0) is 11.3 Å². The first-order chi connectivity index (χ1) is 10.5. The Morgan fingerprint density at radius 1 is 1.14 bits per heavy atom. The summed E-state index contributed by atoms with van der Waals surface area (Å²) < 4.78 is 33.7. The lowest BCUT2D eigenvalue weighted by atomic mass is 10.1. The van der Waals surface area contributed by atoms with Crippen molar-refractivity contribution in [2.24, 2.45) is 0 Å². The first-order valence-electron chi connectivity index (χ1n) is 7.60. The summed E-state index contributed by atoms with van der Waals surface area (Å²) >= 11 is 0. The summed E-state index contributed by atoms with van der Waals surface area (Å²) in [5, 5.41) is 0. The minimum atomic E-state index is -0.473. The van der Waals surface area contributed by atoms with Crippen LogP contribution in [0.5, 0.6) is 0 Å². The number of likely N-dealkylation sites (N-methyl/N-ethyl adjacent to an activating group) is 2. The van der Waals surface area contributed by atoms with E-state index >= 15 is 0 Å². The lowest BCUT2D eigenvalue weighted by Crippen LogP contribution is -2.45. The molecule has 1 aromatic carbocycles. The van der Waals surface area contributed by atoms with Crippen molar-refractivity contribution in [3.8, 4) is 0 Å². The number of nitrogens with zero attached hydrogens (tertiary/aromatic N) is 3. The monoisotopic (exact) mass is 313 g/mol. The van der Waals surface area contributed by atoms with Gasteiger partial charge in [0.15, 0.2) is 0 Å². The average molecular weight is 313 g/mol. The average Bonchev–Trinajstić information content (AvgIpc) is 2.46. The third kappa shape index (κ3) is 4.38. The molecule has 1 fully saturated rings. The fourth-order valence-electron chi connectivity index (χ4n) is 2.68. The van der Waals surface area contributed by atoms with E-state index in [9.17, 15) is 8.78 Å². The number of methoxy groups -OCH3 is 1. The molecule has 0 N–H and O–H groups in total. The van der Waals surface area contributed by atoms with Crippen molar-refractivity contribution in [3.05, 3.63) is 29.3 Å². The van der Waals surface area contributed by atoms with E-state index in [0.717, 1.165) is 19.6 Å². The Morgan fingerprint density at radius 3 is 2.27 bits per heavy atom. The van der Waals surface area contributed by atoms with Gasteiger partial charge in [-0.2, -0.15) is 0 Å². The van der Waals surface area contributed by atoms with E-state index < -0.39 is 11.6 Å². The van der Waals surface area contributed by atoms with Crippen molar-refractivity contribution in [1.82, 2.24) is 9.80 Å².